The first-order chi connectivity index (χ1) is 13.9. The third-order valence-electron chi connectivity index (χ3n) is 4.72. The van der Waals surface area contributed by atoms with Crippen molar-refractivity contribution in [3.63, 3.8) is 0 Å². The van der Waals surface area contributed by atoms with Crippen LogP contribution in [0.3, 0.4) is 0 Å². The summed E-state index contributed by atoms with van der Waals surface area (Å²) in [6, 6.07) is 13.8. The number of aromatic amines is 1. The number of sulfonamides is 1. The second kappa shape index (κ2) is 7.96. The number of carbonyl (C=O) groups excluding carboxylic acids is 1. The van der Waals surface area contributed by atoms with E-state index in [1.54, 1.807) is 29.1 Å². The third-order valence-corrected chi connectivity index (χ3v) is 6.98. The molecule has 0 aliphatic rings. The van der Waals surface area contributed by atoms with Crippen molar-refractivity contribution in [3.05, 3.63) is 71.2 Å². The van der Waals surface area contributed by atoms with E-state index in [-0.39, 0.29) is 12.2 Å². The van der Waals surface area contributed by atoms with Crippen LogP contribution in [0.4, 0.5) is 0 Å². The molecule has 0 unspecified atom stereocenters. The van der Waals surface area contributed by atoms with E-state index in [1.165, 1.54) is 0 Å². The normalized spacial score (nSPS) is 13.0. The highest BCUT2D eigenvalue weighted by molar-refractivity contribution is 7.88. The summed E-state index contributed by atoms with van der Waals surface area (Å²) in [6.45, 7) is 0. The fourth-order valence-corrected chi connectivity index (χ4v) is 5.47. The standard InChI is InChI=1S/C20H19N3O4S2/c24-20(22-25)18(10-15-11-21-17-4-2-1-3-16(15)17)23-29(26,27)12-13-5-6-19-14(9-13)7-8-28-19/h1-9,11,18,21,23,25H,10,12H2,(H,22,24)/t18-/m1/s1. The maximum absolute atomic E-state index is 12.7. The van der Waals surface area contributed by atoms with E-state index in [9.17, 15) is 13.2 Å². The molecule has 2 heterocycles. The molecule has 29 heavy (non-hydrogen) atoms. The number of H-pyrrole nitrogens is 1. The van der Waals surface area contributed by atoms with Crippen molar-refractivity contribution in [3.8, 4) is 0 Å². The van der Waals surface area contributed by atoms with Gasteiger partial charge in [-0.3, -0.25) is 10.0 Å². The smallest absolute Gasteiger partial charge is 0.261 e. The Balaban J connectivity index is 1.55. The van der Waals surface area contributed by atoms with Gasteiger partial charge in [0.25, 0.3) is 5.91 Å². The molecule has 0 aliphatic carbocycles. The third kappa shape index (κ3) is 4.33. The van der Waals surface area contributed by atoms with Crippen LogP contribution in [0.5, 0.6) is 0 Å². The lowest BCUT2D eigenvalue weighted by Gasteiger charge is -2.17. The summed E-state index contributed by atoms with van der Waals surface area (Å²) >= 11 is 1.59. The predicted molar refractivity (Wildman–Crippen MR) is 113 cm³/mol. The van der Waals surface area contributed by atoms with Crippen LogP contribution in [0.25, 0.3) is 21.0 Å². The van der Waals surface area contributed by atoms with Crippen LogP contribution in [-0.4, -0.2) is 30.6 Å². The van der Waals surface area contributed by atoms with Crippen molar-refractivity contribution in [1.82, 2.24) is 15.2 Å². The van der Waals surface area contributed by atoms with Crippen LogP contribution in [0.2, 0.25) is 0 Å². The summed E-state index contributed by atoms with van der Waals surface area (Å²) in [5.41, 5.74) is 3.84. The zero-order valence-electron chi connectivity index (χ0n) is 15.3. The minimum atomic E-state index is -3.83. The van der Waals surface area contributed by atoms with Gasteiger partial charge in [0.15, 0.2) is 0 Å². The molecular weight excluding hydrogens is 410 g/mol. The highest BCUT2D eigenvalue weighted by Crippen LogP contribution is 2.23. The fraction of sp³-hybridized carbons (Fsp3) is 0.150. The van der Waals surface area contributed by atoms with E-state index in [2.05, 4.69) is 9.71 Å². The molecule has 0 fully saturated rings. The monoisotopic (exact) mass is 429 g/mol. The molecule has 4 rings (SSSR count). The van der Waals surface area contributed by atoms with Gasteiger partial charge in [-0.25, -0.2) is 18.6 Å². The van der Waals surface area contributed by atoms with Gasteiger partial charge in [0.05, 0.1) is 5.75 Å². The Morgan fingerprint density at radius 3 is 2.83 bits per heavy atom. The second-order valence-corrected chi connectivity index (χ2v) is 9.46. The molecule has 1 amide bonds. The average Bonchev–Trinajstić information content (AvgIpc) is 3.33. The van der Waals surface area contributed by atoms with Crippen LogP contribution < -0.4 is 10.2 Å². The number of nitrogens with one attached hydrogen (secondary N) is 3. The molecule has 2 aromatic heterocycles. The van der Waals surface area contributed by atoms with Crippen LogP contribution in [0.1, 0.15) is 11.1 Å². The summed E-state index contributed by atoms with van der Waals surface area (Å²) in [6.07, 6.45) is 1.83. The molecular formula is C20H19N3O4S2. The van der Waals surface area contributed by atoms with Crippen molar-refractivity contribution in [2.45, 2.75) is 18.2 Å². The SMILES string of the molecule is O=C(NO)[C@@H](Cc1c[nH]c2ccccc12)NS(=O)(=O)Cc1ccc2sccc2c1. The highest BCUT2D eigenvalue weighted by atomic mass is 32.2. The van der Waals surface area contributed by atoms with Gasteiger partial charge in [-0.2, -0.15) is 0 Å². The number of hydroxylamine groups is 1. The minimum absolute atomic E-state index is 0.0964. The van der Waals surface area contributed by atoms with Gasteiger partial charge in [-0.15, -0.1) is 11.3 Å². The van der Waals surface area contributed by atoms with Gasteiger partial charge < -0.3 is 4.98 Å². The van der Waals surface area contributed by atoms with Crippen LogP contribution in [-0.2, 0) is 27.0 Å². The first-order valence-electron chi connectivity index (χ1n) is 8.90. The molecule has 0 radical (unpaired) electrons. The molecule has 9 heteroatoms. The number of amides is 1. The number of para-hydroxylation sites is 1. The van der Waals surface area contributed by atoms with E-state index < -0.39 is 22.0 Å². The largest absolute Gasteiger partial charge is 0.361 e. The predicted octanol–water partition coefficient (Wildman–Crippen LogP) is 2.92. The molecule has 0 spiro atoms. The molecule has 0 saturated heterocycles. The molecule has 0 aliphatic heterocycles. The van der Waals surface area contributed by atoms with Gasteiger partial charge in [0.2, 0.25) is 10.0 Å². The zero-order chi connectivity index (χ0) is 20.4. The fourth-order valence-electron chi connectivity index (χ4n) is 3.37. The van der Waals surface area contributed by atoms with Crippen LogP contribution in [0, 0.1) is 0 Å². The van der Waals surface area contributed by atoms with E-state index in [0.717, 1.165) is 26.6 Å². The summed E-state index contributed by atoms with van der Waals surface area (Å²) in [5, 5.41) is 12.9. The number of fused-ring (bicyclic) bond motifs is 2. The van der Waals surface area contributed by atoms with E-state index >= 15 is 0 Å². The number of aromatic nitrogens is 1. The Bertz CT molecular complexity index is 1280. The van der Waals surface area contributed by atoms with Crippen LogP contribution in [0.15, 0.2) is 60.1 Å². The summed E-state index contributed by atoms with van der Waals surface area (Å²) in [4.78, 5) is 15.2. The van der Waals surface area contributed by atoms with E-state index in [1.807, 2.05) is 47.8 Å². The van der Waals surface area contributed by atoms with Gasteiger partial charge in [-0.1, -0.05) is 24.3 Å². The number of thiophene rings is 1. The Morgan fingerprint density at radius 1 is 1.17 bits per heavy atom. The van der Waals surface area contributed by atoms with Crippen molar-refractivity contribution >= 4 is 48.3 Å². The van der Waals surface area contributed by atoms with Gasteiger partial charge >= 0.3 is 0 Å². The lowest BCUT2D eigenvalue weighted by Crippen LogP contribution is -2.47. The number of benzene rings is 2. The topological polar surface area (TPSA) is 111 Å². The van der Waals surface area contributed by atoms with Crippen molar-refractivity contribution in [1.29, 1.82) is 0 Å². The molecule has 4 N–H and O–H groups in total. The molecule has 150 valence electrons. The minimum Gasteiger partial charge on any atom is -0.361 e. The molecule has 7 nitrogen and oxygen atoms in total. The summed E-state index contributed by atoms with van der Waals surface area (Å²) in [5.74, 6) is -1.07. The van der Waals surface area contributed by atoms with Gasteiger partial charge in [0.1, 0.15) is 6.04 Å². The molecule has 1 atom stereocenters. The second-order valence-electron chi connectivity index (χ2n) is 6.76. The van der Waals surface area contributed by atoms with Crippen molar-refractivity contribution in [2.75, 3.05) is 0 Å². The Labute approximate surface area is 171 Å². The Hall–Kier alpha value is -2.72. The lowest BCUT2D eigenvalue weighted by molar-refractivity contribution is -0.130. The maximum Gasteiger partial charge on any atom is 0.261 e. The van der Waals surface area contributed by atoms with Crippen LogP contribution >= 0.6 is 11.3 Å². The van der Waals surface area contributed by atoms with Crippen molar-refractivity contribution in [2.24, 2.45) is 0 Å². The molecule has 2 aromatic carbocycles. The molecule has 0 saturated carbocycles. The zero-order valence-corrected chi connectivity index (χ0v) is 16.9. The maximum atomic E-state index is 12.7. The van der Waals surface area contributed by atoms with E-state index in [0.29, 0.717) is 5.56 Å². The molecule has 4 aromatic rings. The number of hydrogen-bond acceptors (Lipinski definition) is 5. The Morgan fingerprint density at radius 2 is 2.00 bits per heavy atom. The van der Waals surface area contributed by atoms with Gasteiger partial charge in [0, 0.05) is 21.8 Å². The Kier molecular flexibility index (Phi) is 5.37. The first-order valence-corrected chi connectivity index (χ1v) is 11.4. The highest BCUT2D eigenvalue weighted by Gasteiger charge is 2.26. The molecule has 0 bridgehead atoms. The van der Waals surface area contributed by atoms with Crippen molar-refractivity contribution < 1.29 is 18.4 Å². The summed E-state index contributed by atoms with van der Waals surface area (Å²) < 4.78 is 28.9. The number of carbonyl (C=O) groups is 1. The quantitative estimate of drug-likeness (QED) is 0.267. The van der Waals surface area contributed by atoms with E-state index in [4.69, 9.17) is 5.21 Å². The number of hydrogen-bond donors (Lipinski definition) is 4. The first kappa shape index (κ1) is 19.6. The number of rotatable bonds is 7. The average molecular weight is 430 g/mol. The van der Waals surface area contributed by atoms with Gasteiger partial charge in [-0.05, 0) is 52.6 Å². The summed E-state index contributed by atoms with van der Waals surface area (Å²) in [7, 11) is -3.83. The lowest BCUT2D eigenvalue weighted by atomic mass is 10.1.